The van der Waals surface area contributed by atoms with Crippen LogP contribution in [0.3, 0.4) is 0 Å². The summed E-state index contributed by atoms with van der Waals surface area (Å²) in [6, 6.07) is 18.7. The van der Waals surface area contributed by atoms with Gasteiger partial charge >= 0.3 is 0 Å². The van der Waals surface area contributed by atoms with Gasteiger partial charge in [0.25, 0.3) is 5.56 Å². The third-order valence-electron chi connectivity index (χ3n) is 6.12. The number of aryl methyl sites for hydroxylation is 3. The zero-order valence-corrected chi connectivity index (χ0v) is 20.0. The predicted molar refractivity (Wildman–Crippen MR) is 134 cm³/mol. The Morgan fingerprint density at radius 2 is 1.73 bits per heavy atom. The smallest absolute Gasteiger partial charge is 0.251 e. The molecule has 5 aromatic rings. The van der Waals surface area contributed by atoms with Gasteiger partial charge < -0.3 is 14.2 Å². The van der Waals surface area contributed by atoms with Gasteiger partial charge in [-0.2, -0.15) is 0 Å². The second-order valence-electron chi connectivity index (χ2n) is 8.20. The summed E-state index contributed by atoms with van der Waals surface area (Å²) in [6.45, 7) is 2.05. The van der Waals surface area contributed by atoms with E-state index in [1.54, 1.807) is 53.7 Å². The van der Waals surface area contributed by atoms with E-state index in [1.165, 1.54) is 4.88 Å². The Hall–Kier alpha value is -3.19. The van der Waals surface area contributed by atoms with Crippen molar-refractivity contribution in [3.05, 3.63) is 110 Å². The van der Waals surface area contributed by atoms with Crippen molar-refractivity contribution < 1.29 is 5.11 Å². The first-order valence-corrected chi connectivity index (χ1v) is 11.6. The van der Waals surface area contributed by atoms with Crippen LogP contribution in [-0.2, 0) is 19.7 Å². The Morgan fingerprint density at radius 3 is 2.36 bits per heavy atom. The van der Waals surface area contributed by atoms with Gasteiger partial charge in [0, 0.05) is 45.9 Å². The molecule has 3 heterocycles. The van der Waals surface area contributed by atoms with Crippen LogP contribution in [0.2, 0.25) is 5.02 Å². The third-order valence-corrected chi connectivity index (χ3v) is 7.41. The van der Waals surface area contributed by atoms with Gasteiger partial charge in [-0.3, -0.25) is 4.79 Å². The SMILES string of the molecule is Cc1ccc(-c2cc(=O)n(C)c3ccc(C(O)(c4ccc(Cl)cc4)c4cncn4C)cc23)s1. The summed E-state index contributed by atoms with van der Waals surface area (Å²) in [5, 5.41) is 13.8. The van der Waals surface area contributed by atoms with Crippen LogP contribution >= 0.6 is 22.9 Å². The zero-order valence-electron chi connectivity index (χ0n) is 18.4. The maximum atomic E-state index is 12.7. The Bertz CT molecular complexity index is 1550. The van der Waals surface area contributed by atoms with Gasteiger partial charge in [-0.15, -0.1) is 11.3 Å². The number of rotatable bonds is 4. The van der Waals surface area contributed by atoms with Crippen molar-refractivity contribution in [2.75, 3.05) is 0 Å². The molecule has 5 rings (SSSR count). The fourth-order valence-electron chi connectivity index (χ4n) is 4.33. The lowest BCUT2D eigenvalue weighted by Gasteiger charge is -2.30. The van der Waals surface area contributed by atoms with Gasteiger partial charge in [0.05, 0.1) is 23.7 Å². The number of hydrogen-bond donors (Lipinski definition) is 1. The Morgan fingerprint density at radius 1 is 1.00 bits per heavy atom. The number of halogens is 1. The highest BCUT2D eigenvalue weighted by atomic mass is 35.5. The van der Waals surface area contributed by atoms with Crippen molar-refractivity contribution in [3.63, 3.8) is 0 Å². The molecule has 1 N–H and O–H groups in total. The van der Waals surface area contributed by atoms with Gasteiger partial charge in [-0.05, 0) is 54.4 Å². The van der Waals surface area contributed by atoms with Crippen molar-refractivity contribution in [2.24, 2.45) is 14.1 Å². The molecule has 1 unspecified atom stereocenters. The van der Waals surface area contributed by atoms with Crippen LogP contribution in [0.25, 0.3) is 21.3 Å². The van der Waals surface area contributed by atoms with Crippen LogP contribution in [0.15, 0.2) is 78.0 Å². The summed E-state index contributed by atoms with van der Waals surface area (Å²) in [5.41, 5.74) is 2.09. The summed E-state index contributed by atoms with van der Waals surface area (Å²) in [4.78, 5) is 19.1. The summed E-state index contributed by atoms with van der Waals surface area (Å²) in [5.74, 6) is 0. The van der Waals surface area contributed by atoms with Crippen molar-refractivity contribution in [2.45, 2.75) is 12.5 Å². The average Bonchev–Trinajstić information content (AvgIpc) is 3.44. The molecule has 0 fully saturated rings. The van der Waals surface area contributed by atoms with E-state index in [-0.39, 0.29) is 5.56 Å². The van der Waals surface area contributed by atoms with Gasteiger partial charge in [0.1, 0.15) is 0 Å². The quantitative estimate of drug-likeness (QED) is 0.386. The number of fused-ring (bicyclic) bond motifs is 1. The maximum Gasteiger partial charge on any atom is 0.251 e. The largest absolute Gasteiger partial charge is 0.374 e. The van der Waals surface area contributed by atoms with Crippen molar-refractivity contribution in [3.8, 4) is 10.4 Å². The van der Waals surface area contributed by atoms with Crippen LogP contribution in [-0.4, -0.2) is 19.2 Å². The summed E-state index contributed by atoms with van der Waals surface area (Å²) < 4.78 is 3.44. The number of aliphatic hydroxyl groups is 1. The van der Waals surface area contributed by atoms with Crippen molar-refractivity contribution >= 4 is 33.8 Å². The fourth-order valence-corrected chi connectivity index (χ4v) is 5.35. The first-order valence-electron chi connectivity index (χ1n) is 10.5. The van der Waals surface area contributed by atoms with E-state index < -0.39 is 5.60 Å². The molecule has 0 bridgehead atoms. The molecule has 166 valence electrons. The molecule has 2 aromatic carbocycles. The van der Waals surface area contributed by atoms with Crippen molar-refractivity contribution in [1.29, 1.82) is 0 Å². The Labute approximate surface area is 200 Å². The lowest BCUT2D eigenvalue weighted by atomic mass is 9.82. The van der Waals surface area contributed by atoms with E-state index in [0.29, 0.717) is 21.8 Å². The van der Waals surface area contributed by atoms with Gasteiger partial charge in [-0.25, -0.2) is 4.98 Å². The molecule has 5 nitrogen and oxygen atoms in total. The molecule has 33 heavy (non-hydrogen) atoms. The standard InChI is InChI=1S/C26H22ClN3O2S/c1-16-4-11-23(33-16)21-13-25(31)30(3)22-10-7-18(12-20(21)22)26(32,24-14-28-15-29(24)2)17-5-8-19(27)9-6-17/h4-15,32H,1-3H3. The first-order chi connectivity index (χ1) is 15.8. The van der Waals surface area contributed by atoms with Crippen LogP contribution in [0, 0.1) is 6.92 Å². The molecular formula is C26H22ClN3O2S. The van der Waals surface area contributed by atoms with Crippen LogP contribution in [0.5, 0.6) is 0 Å². The van der Waals surface area contributed by atoms with E-state index in [9.17, 15) is 9.90 Å². The third kappa shape index (κ3) is 3.51. The summed E-state index contributed by atoms with van der Waals surface area (Å²) in [6.07, 6.45) is 3.34. The minimum atomic E-state index is -1.47. The topological polar surface area (TPSA) is 60.1 Å². The zero-order chi connectivity index (χ0) is 23.3. The number of imidazole rings is 1. The number of nitrogens with zero attached hydrogens (tertiary/aromatic N) is 3. The minimum Gasteiger partial charge on any atom is -0.374 e. The van der Waals surface area contributed by atoms with Crippen LogP contribution < -0.4 is 5.56 Å². The monoisotopic (exact) mass is 475 g/mol. The average molecular weight is 476 g/mol. The second-order valence-corrected chi connectivity index (χ2v) is 9.93. The van der Waals surface area contributed by atoms with E-state index in [2.05, 4.69) is 4.98 Å². The molecule has 0 aliphatic rings. The molecule has 3 aromatic heterocycles. The molecule has 0 radical (unpaired) electrons. The van der Waals surface area contributed by atoms with E-state index in [1.807, 2.05) is 61.0 Å². The molecule has 0 amide bonds. The molecule has 1 atom stereocenters. The molecule has 0 saturated carbocycles. The molecule has 7 heteroatoms. The number of pyridine rings is 1. The second kappa shape index (κ2) is 7.99. The van der Waals surface area contributed by atoms with Crippen molar-refractivity contribution in [1.82, 2.24) is 14.1 Å². The number of hydrogen-bond acceptors (Lipinski definition) is 4. The lowest BCUT2D eigenvalue weighted by molar-refractivity contribution is 0.117. The highest BCUT2D eigenvalue weighted by Gasteiger charge is 2.37. The van der Waals surface area contributed by atoms with E-state index >= 15 is 0 Å². The van der Waals surface area contributed by atoms with E-state index in [0.717, 1.165) is 21.3 Å². The lowest BCUT2D eigenvalue weighted by Crippen LogP contribution is -2.31. The molecule has 0 spiro atoms. The van der Waals surface area contributed by atoms with Gasteiger partial charge in [-0.1, -0.05) is 29.8 Å². The first kappa shape index (κ1) is 21.6. The highest BCUT2D eigenvalue weighted by Crippen LogP contribution is 2.40. The fraction of sp³-hybridized carbons (Fsp3) is 0.154. The highest BCUT2D eigenvalue weighted by molar-refractivity contribution is 7.15. The summed E-state index contributed by atoms with van der Waals surface area (Å²) >= 11 is 7.78. The van der Waals surface area contributed by atoms with Crippen LogP contribution in [0.1, 0.15) is 21.7 Å². The van der Waals surface area contributed by atoms with Crippen LogP contribution in [0.4, 0.5) is 0 Å². The minimum absolute atomic E-state index is 0.0732. The number of thiophene rings is 1. The molecule has 0 saturated heterocycles. The summed E-state index contributed by atoms with van der Waals surface area (Å²) in [7, 11) is 3.62. The number of aromatic nitrogens is 3. The molecule has 0 aliphatic heterocycles. The Kier molecular flexibility index (Phi) is 5.24. The Balaban J connectivity index is 1.83. The normalized spacial score (nSPS) is 13.4. The van der Waals surface area contributed by atoms with Gasteiger partial charge in [0.15, 0.2) is 5.60 Å². The molecular weight excluding hydrogens is 454 g/mol. The maximum absolute atomic E-state index is 12.7. The van der Waals surface area contributed by atoms with Gasteiger partial charge in [0.2, 0.25) is 0 Å². The molecule has 0 aliphatic carbocycles. The van der Waals surface area contributed by atoms with E-state index in [4.69, 9.17) is 11.6 Å². The number of benzene rings is 2. The predicted octanol–water partition coefficient (Wildman–Crippen LogP) is 5.25.